The second-order valence-electron chi connectivity index (χ2n) is 8.86. The number of carbonyl (C=O) groups is 2. The molecule has 0 radical (unpaired) electrons. The van der Waals surface area contributed by atoms with E-state index in [1.807, 2.05) is 24.3 Å². The highest BCUT2D eigenvalue weighted by Crippen LogP contribution is 2.54. The van der Waals surface area contributed by atoms with Gasteiger partial charge in [0.05, 0.1) is 6.04 Å². The molecule has 0 unspecified atom stereocenters. The first-order valence-corrected chi connectivity index (χ1v) is 11.8. The van der Waals surface area contributed by atoms with E-state index in [1.54, 1.807) is 24.3 Å². The van der Waals surface area contributed by atoms with Crippen molar-refractivity contribution in [1.82, 2.24) is 0 Å². The van der Waals surface area contributed by atoms with Crippen LogP contribution in [0.4, 0.5) is 5.69 Å². The molecule has 3 aromatic rings. The van der Waals surface area contributed by atoms with E-state index in [2.05, 4.69) is 33.4 Å². The first kappa shape index (κ1) is 19.1. The van der Waals surface area contributed by atoms with Crippen molar-refractivity contribution < 1.29 is 19.1 Å². The fourth-order valence-electron chi connectivity index (χ4n) is 5.76. The largest absolute Gasteiger partial charge is 0.454 e. The van der Waals surface area contributed by atoms with Crippen molar-refractivity contribution in [1.29, 1.82) is 0 Å². The van der Waals surface area contributed by atoms with Gasteiger partial charge in [0.2, 0.25) is 6.79 Å². The van der Waals surface area contributed by atoms with Crippen LogP contribution in [-0.2, 0) is 0 Å². The molecule has 0 saturated heterocycles. The third-order valence-corrected chi connectivity index (χ3v) is 7.93. The molecule has 2 aliphatic heterocycles. The molecule has 0 aromatic heterocycles. The SMILES string of the molecule is O=C1c2ccccc2C(=O)c2c1ccc1c2[C@@H]2C=CC[C@@H]2[C@H](c2cc3c(cc2Br)OCO3)N1. The Morgan fingerprint density at radius 3 is 2.48 bits per heavy atom. The fraction of sp³-hybridized carbons (Fsp3) is 0.185. The number of nitrogens with one attached hydrogen (secondary N) is 1. The third-order valence-electron chi connectivity index (χ3n) is 7.25. The molecule has 2 aliphatic carbocycles. The predicted octanol–water partition coefficient (Wildman–Crippen LogP) is 5.78. The molecule has 3 aromatic carbocycles. The Kier molecular flexibility index (Phi) is 3.95. The van der Waals surface area contributed by atoms with E-state index in [-0.39, 0.29) is 36.2 Å². The first-order valence-electron chi connectivity index (χ1n) is 11.0. The third kappa shape index (κ3) is 2.58. The number of anilines is 1. The Morgan fingerprint density at radius 1 is 0.909 bits per heavy atom. The van der Waals surface area contributed by atoms with Crippen LogP contribution in [0.1, 0.15) is 61.4 Å². The Balaban J connectivity index is 1.39. The van der Waals surface area contributed by atoms with Gasteiger partial charge in [0.15, 0.2) is 23.1 Å². The van der Waals surface area contributed by atoms with Crippen molar-refractivity contribution in [3.05, 3.63) is 98.5 Å². The Bertz CT molecular complexity index is 1430. The quantitative estimate of drug-likeness (QED) is 0.336. The lowest BCUT2D eigenvalue weighted by molar-refractivity contribution is 0.0978. The summed E-state index contributed by atoms with van der Waals surface area (Å²) in [5.74, 6) is 1.58. The molecule has 4 aliphatic rings. The van der Waals surface area contributed by atoms with Gasteiger partial charge in [0.1, 0.15) is 0 Å². The Labute approximate surface area is 198 Å². The number of hydrogen-bond acceptors (Lipinski definition) is 5. The molecule has 162 valence electrons. The van der Waals surface area contributed by atoms with Crippen molar-refractivity contribution in [3.8, 4) is 11.5 Å². The van der Waals surface area contributed by atoms with Crippen LogP contribution in [0, 0.1) is 5.92 Å². The van der Waals surface area contributed by atoms with Crippen LogP contribution in [0.5, 0.6) is 11.5 Å². The van der Waals surface area contributed by atoms with E-state index in [4.69, 9.17) is 9.47 Å². The number of ether oxygens (including phenoxy) is 2. The molecule has 2 heterocycles. The molecule has 7 rings (SSSR count). The van der Waals surface area contributed by atoms with Gasteiger partial charge >= 0.3 is 0 Å². The topological polar surface area (TPSA) is 64.6 Å². The maximum Gasteiger partial charge on any atom is 0.231 e. The van der Waals surface area contributed by atoms with E-state index >= 15 is 0 Å². The smallest absolute Gasteiger partial charge is 0.231 e. The molecule has 0 fully saturated rings. The highest BCUT2D eigenvalue weighted by Gasteiger charge is 2.43. The Hall–Kier alpha value is -3.38. The number of fused-ring (bicyclic) bond motifs is 7. The summed E-state index contributed by atoms with van der Waals surface area (Å²) in [5.41, 5.74) is 4.95. The number of hydrogen-bond donors (Lipinski definition) is 1. The minimum absolute atomic E-state index is 0.0149. The van der Waals surface area contributed by atoms with Gasteiger partial charge < -0.3 is 14.8 Å². The minimum Gasteiger partial charge on any atom is -0.454 e. The fourth-order valence-corrected chi connectivity index (χ4v) is 6.33. The summed E-state index contributed by atoms with van der Waals surface area (Å²) in [4.78, 5) is 26.9. The molecule has 0 spiro atoms. The van der Waals surface area contributed by atoms with E-state index in [9.17, 15) is 9.59 Å². The van der Waals surface area contributed by atoms with Crippen molar-refractivity contribution >= 4 is 33.2 Å². The zero-order valence-corrected chi connectivity index (χ0v) is 19.0. The van der Waals surface area contributed by atoms with Crippen LogP contribution < -0.4 is 14.8 Å². The lowest BCUT2D eigenvalue weighted by Gasteiger charge is -2.39. The van der Waals surface area contributed by atoms with Crippen molar-refractivity contribution in [2.24, 2.45) is 5.92 Å². The number of allylic oxidation sites excluding steroid dienone is 2. The minimum atomic E-state index is -0.0813. The standard InChI is InChI=1S/C27H18BrNO4/c28-19-11-22-21(32-12-33-22)10-18(19)25-14-7-3-6-13(14)23-20(29-25)9-8-17-24(23)27(31)16-5-2-1-4-15(16)26(17)30/h1-6,8-11,13-14,25,29H,7,12H2/t13-,14+,25-/m1/s1. The number of rotatable bonds is 1. The summed E-state index contributed by atoms with van der Waals surface area (Å²) in [6.45, 7) is 0.226. The predicted molar refractivity (Wildman–Crippen MR) is 126 cm³/mol. The zero-order chi connectivity index (χ0) is 22.3. The molecule has 0 amide bonds. The average Bonchev–Trinajstić information content (AvgIpc) is 3.50. The lowest BCUT2D eigenvalue weighted by atomic mass is 9.71. The molecule has 0 bridgehead atoms. The molecular weight excluding hydrogens is 482 g/mol. The number of ketones is 2. The summed E-state index contributed by atoms with van der Waals surface area (Å²) in [6.07, 6.45) is 5.25. The number of carbonyl (C=O) groups excluding carboxylic acids is 2. The van der Waals surface area contributed by atoms with E-state index < -0.39 is 0 Å². The molecule has 33 heavy (non-hydrogen) atoms. The van der Waals surface area contributed by atoms with Gasteiger partial charge in [0, 0.05) is 38.3 Å². The normalized spacial score (nSPS) is 23.5. The van der Waals surface area contributed by atoms with Crippen LogP contribution in [0.3, 0.4) is 0 Å². The van der Waals surface area contributed by atoms with Crippen molar-refractivity contribution in [2.75, 3.05) is 12.1 Å². The highest BCUT2D eigenvalue weighted by atomic mass is 79.9. The van der Waals surface area contributed by atoms with Crippen LogP contribution in [-0.4, -0.2) is 18.4 Å². The number of benzene rings is 3. The molecule has 1 N–H and O–H groups in total. The summed E-state index contributed by atoms with van der Waals surface area (Å²) in [6, 6.07) is 14.9. The molecular formula is C27H18BrNO4. The van der Waals surface area contributed by atoms with Gasteiger partial charge in [-0.2, -0.15) is 0 Å². The monoisotopic (exact) mass is 499 g/mol. The number of halogens is 1. The van der Waals surface area contributed by atoms with Gasteiger partial charge in [0.25, 0.3) is 0 Å². The summed E-state index contributed by atoms with van der Waals surface area (Å²) in [5, 5.41) is 3.70. The second kappa shape index (κ2) is 6.81. The average molecular weight is 500 g/mol. The van der Waals surface area contributed by atoms with Crippen LogP contribution >= 0.6 is 15.9 Å². The highest BCUT2D eigenvalue weighted by molar-refractivity contribution is 9.10. The molecule has 3 atom stereocenters. The van der Waals surface area contributed by atoms with Gasteiger partial charge in [-0.05, 0) is 47.7 Å². The Morgan fingerprint density at radius 2 is 1.67 bits per heavy atom. The molecule has 6 heteroatoms. The lowest BCUT2D eigenvalue weighted by Crippen LogP contribution is -2.32. The maximum absolute atomic E-state index is 13.6. The first-order chi connectivity index (χ1) is 16.1. The van der Waals surface area contributed by atoms with Crippen LogP contribution in [0.25, 0.3) is 0 Å². The van der Waals surface area contributed by atoms with Crippen molar-refractivity contribution in [3.63, 3.8) is 0 Å². The second-order valence-corrected chi connectivity index (χ2v) is 9.71. The maximum atomic E-state index is 13.6. The van der Waals surface area contributed by atoms with Gasteiger partial charge in [-0.15, -0.1) is 0 Å². The van der Waals surface area contributed by atoms with E-state index in [0.717, 1.165) is 39.2 Å². The van der Waals surface area contributed by atoms with Gasteiger partial charge in [-0.25, -0.2) is 0 Å². The van der Waals surface area contributed by atoms with Gasteiger partial charge in [-0.3, -0.25) is 9.59 Å². The molecule has 0 saturated carbocycles. The zero-order valence-electron chi connectivity index (χ0n) is 17.4. The van der Waals surface area contributed by atoms with E-state index in [1.165, 1.54) is 0 Å². The van der Waals surface area contributed by atoms with Crippen molar-refractivity contribution in [2.45, 2.75) is 18.4 Å². The van der Waals surface area contributed by atoms with E-state index in [0.29, 0.717) is 22.3 Å². The summed E-state index contributed by atoms with van der Waals surface area (Å²) < 4.78 is 12.1. The summed E-state index contributed by atoms with van der Waals surface area (Å²) >= 11 is 3.72. The van der Waals surface area contributed by atoms with Crippen LogP contribution in [0.15, 0.2) is 65.2 Å². The summed E-state index contributed by atoms with van der Waals surface area (Å²) in [7, 11) is 0. The van der Waals surface area contributed by atoms with Crippen LogP contribution in [0.2, 0.25) is 0 Å². The molecule has 5 nitrogen and oxygen atoms in total. The van der Waals surface area contributed by atoms with Gasteiger partial charge in [-0.1, -0.05) is 52.3 Å².